The molecule has 0 spiro atoms. The third kappa shape index (κ3) is 2.62. The van der Waals surface area contributed by atoms with Gasteiger partial charge in [-0.3, -0.25) is 9.69 Å². The number of carbonyl (C=O) groups is 1. The van der Waals surface area contributed by atoms with E-state index in [1.54, 1.807) is 0 Å². The van der Waals surface area contributed by atoms with Crippen LogP contribution in [0.15, 0.2) is 18.2 Å². The fraction of sp³-hybridized carbons (Fsp3) is 0.588. The molecule has 4 atom stereocenters. The van der Waals surface area contributed by atoms with Crippen LogP contribution >= 0.6 is 23.2 Å². The Bertz CT molecular complexity index is 560. The zero-order valence-corrected chi connectivity index (χ0v) is 14.0. The van der Waals surface area contributed by atoms with Gasteiger partial charge in [-0.1, -0.05) is 36.2 Å². The van der Waals surface area contributed by atoms with Crippen molar-refractivity contribution < 1.29 is 4.79 Å². The van der Waals surface area contributed by atoms with Crippen molar-refractivity contribution in [2.24, 2.45) is 5.92 Å². The Morgan fingerprint density at radius 1 is 1.29 bits per heavy atom. The van der Waals surface area contributed by atoms with Gasteiger partial charge in [0, 0.05) is 24.4 Å². The largest absolute Gasteiger partial charge is 0.300 e. The van der Waals surface area contributed by atoms with E-state index in [1.807, 2.05) is 25.1 Å². The lowest BCUT2D eigenvalue weighted by Gasteiger charge is -2.42. The fourth-order valence-corrected chi connectivity index (χ4v) is 4.53. The maximum atomic E-state index is 12.6. The highest BCUT2D eigenvalue weighted by molar-refractivity contribution is 6.42. The highest BCUT2D eigenvalue weighted by atomic mass is 35.5. The number of carbonyl (C=O) groups excluding carboxylic acids is 1. The van der Waals surface area contributed by atoms with Gasteiger partial charge in [-0.15, -0.1) is 0 Å². The molecule has 3 rings (SSSR count). The highest BCUT2D eigenvalue weighted by Gasteiger charge is 2.48. The molecule has 2 fully saturated rings. The molecule has 2 saturated heterocycles. The summed E-state index contributed by atoms with van der Waals surface area (Å²) < 4.78 is 0. The van der Waals surface area contributed by atoms with Crippen molar-refractivity contribution in [3.05, 3.63) is 33.8 Å². The van der Waals surface area contributed by atoms with E-state index in [9.17, 15) is 4.79 Å². The molecule has 0 N–H and O–H groups in total. The van der Waals surface area contributed by atoms with Gasteiger partial charge in [-0.25, -0.2) is 0 Å². The summed E-state index contributed by atoms with van der Waals surface area (Å²) in [6, 6.07) is 6.83. The Balaban J connectivity index is 1.98. The lowest BCUT2D eigenvalue weighted by Crippen LogP contribution is -2.48. The number of nitrogens with zero attached hydrogens (tertiary/aromatic N) is 1. The first kappa shape index (κ1) is 15.3. The van der Waals surface area contributed by atoms with Crippen LogP contribution < -0.4 is 0 Å². The van der Waals surface area contributed by atoms with Gasteiger partial charge in [0.25, 0.3) is 0 Å². The second-order valence-electron chi connectivity index (χ2n) is 6.33. The number of fused-ring (bicyclic) bond motifs is 2. The molecule has 0 aromatic heterocycles. The average Bonchev–Trinajstić information content (AvgIpc) is 2.72. The van der Waals surface area contributed by atoms with Crippen molar-refractivity contribution in [1.82, 2.24) is 4.90 Å². The van der Waals surface area contributed by atoms with Gasteiger partial charge in [-0.05, 0) is 49.9 Å². The van der Waals surface area contributed by atoms with Crippen molar-refractivity contribution in [2.45, 2.75) is 50.6 Å². The third-order valence-electron chi connectivity index (χ3n) is 5.36. The lowest BCUT2D eigenvalue weighted by atomic mass is 9.73. The number of benzene rings is 1. The summed E-state index contributed by atoms with van der Waals surface area (Å²) in [5, 5.41) is 1.16. The molecule has 114 valence electrons. The Kier molecular flexibility index (Phi) is 4.31. The number of Topliss-reactive ketones (excluding diaryl/α,β-unsaturated/α-hetero) is 1. The second-order valence-corrected chi connectivity index (χ2v) is 7.14. The molecule has 0 amide bonds. The van der Waals surface area contributed by atoms with E-state index in [0.717, 1.165) is 12.8 Å². The predicted molar refractivity (Wildman–Crippen MR) is 87.2 cm³/mol. The molecule has 0 saturated carbocycles. The first-order valence-corrected chi connectivity index (χ1v) is 8.48. The highest BCUT2D eigenvalue weighted by Crippen LogP contribution is 2.47. The van der Waals surface area contributed by atoms with E-state index < -0.39 is 0 Å². The molecule has 2 aliphatic rings. The van der Waals surface area contributed by atoms with E-state index in [0.29, 0.717) is 34.3 Å². The molecule has 4 heteroatoms. The van der Waals surface area contributed by atoms with E-state index in [1.165, 1.54) is 12.0 Å². The van der Waals surface area contributed by atoms with E-state index in [-0.39, 0.29) is 11.8 Å². The predicted octanol–water partition coefficient (Wildman–Crippen LogP) is 4.54. The van der Waals surface area contributed by atoms with Crippen LogP contribution in [0.3, 0.4) is 0 Å². The molecular weight excluding hydrogens is 305 g/mol. The van der Waals surface area contributed by atoms with E-state index in [2.05, 4.69) is 11.9 Å². The van der Waals surface area contributed by atoms with Crippen LogP contribution in [0.25, 0.3) is 0 Å². The summed E-state index contributed by atoms with van der Waals surface area (Å²) in [4.78, 5) is 15.0. The van der Waals surface area contributed by atoms with Gasteiger partial charge in [0.1, 0.15) is 5.78 Å². The van der Waals surface area contributed by atoms with Crippen LogP contribution in [0.2, 0.25) is 10.0 Å². The molecule has 21 heavy (non-hydrogen) atoms. The maximum absolute atomic E-state index is 12.6. The van der Waals surface area contributed by atoms with Crippen molar-refractivity contribution in [2.75, 3.05) is 7.05 Å². The quantitative estimate of drug-likeness (QED) is 0.813. The minimum Gasteiger partial charge on any atom is -0.300 e. The molecular formula is C17H21Cl2NO. The SMILES string of the molecule is CCC(=O)C1C(c2ccc(Cl)c(Cl)c2)CC2CCC1N2C. The van der Waals surface area contributed by atoms with Crippen LogP contribution in [0.1, 0.15) is 44.1 Å². The maximum Gasteiger partial charge on any atom is 0.137 e. The smallest absolute Gasteiger partial charge is 0.137 e. The normalized spacial score (nSPS) is 32.4. The third-order valence-corrected chi connectivity index (χ3v) is 6.10. The Morgan fingerprint density at radius 2 is 2.05 bits per heavy atom. The molecule has 1 aromatic rings. The first-order chi connectivity index (χ1) is 10.0. The zero-order chi connectivity index (χ0) is 15.1. The Morgan fingerprint density at radius 3 is 2.71 bits per heavy atom. The lowest BCUT2D eigenvalue weighted by molar-refractivity contribution is -0.126. The van der Waals surface area contributed by atoms with Gasteiger partial charge in [0.05, 0.1) is 10.0 Å². The number of ketones is 1. The molecule has 2 bridgehead atoms. The molecule has 1 aromatic carbocycles. The minimum absolute atomic E-state index is 0.0935. The number of piperidine rings is 1. The molecule has 2 aliphatic heterocycles. The van der Waals surface area contributed by atoms with Crippen LogP contribution in [0, 0.1) is 5.92 Å². The summed E-state index contributed by atoms with van der Waals surface area (Å²) in [5.41, 5.74) is 1.17. The van der Waals surface area contributed by atoms with E-state index >= 15 is 0 Å². The summed E-state index contributed by atoms with van der Waals surface area (Å²) in [6.07, 6.45) is 3.99. The van der Waals surface area contributed by atoms with Crippen molar-refractivity contribution >= 4 is 29.0 Å². The molecule has 0 aliphatic carbocycles. The number of rotatable bonds is 3. The number of halogens is 2. The van der Waals surface area contributed by atoms with Gasteiger partial charge >= 0.3 is 0 Å². The van der Waals surface area contributed by atoms with Gasteiger partial charge < -0.3 is 0 Å². The van der Waals surface area contributed by atoms with Crippen molar-refractivity contribution in [3.8, 4) is 0 Å². The Labute approximate surface area is 136 Å². The topological polar surface area (TPSA) is 20.3 Å². The zero-order valence-electron chi connectivity index (χ0n) is 12.5. The van der Waals surface area contributed by atoms with Gasteiger partial charge in [-0.2, -0.15) is 0 Å². The minimum atomic E-state index is 0.0935. The number of hydrogen-bond acceptors (Lipinski definition) is 2. The van der Waals surface area contributed by atoms with Crippen LogP contribution in [-0.4, -0.2) is 29.8 Å². The molecule has 2 nitrogen and oxygen atoms in total. The molecule has 0 radical (unpaired) electrons. The average molecular weight is 326 g/mol. The summed E-state index contributed by atoms with van der Waals surface area (Å²) in [6.45, 7) is 1.97. The molecule has 2 heterocycles. The molecule has 4 unspecified atom stereocenters. The van der Waals surface area contributed by atoms with Crippen molar-refractivity contribution in [1.29, 1.82) is 0 Å². The summed E-state index contributed by atoms with van der Waals surface area (Å²) >= 11 is 12.2. The Hall–Kier alpha value is -0.570. The summed E-state index contributed by atoms with van der Waals surface area (Å²) in [7, 11) is 2.17. The standard InChI is InChI=1S/C17H21Cl2NO/c1-3-16(21)17-12(9-11-5-7-15(17)20(11)2)10-4-6-13(18)14(19)8-10/h4,6,8,11-12,15,17H,3,5,7,9H2,1-2H3. The van der Waals surface area contributed by atoms with Crippen LogP contribution in [-0.2, 0) is 4.79 Å². The second kappa shape index (κ2) is 5.91. The number of hydrogen-bond donors (Lipinski definition) is 0. The fourth-order valence-electron chi connectivity index (χ4n) is 4.23. The van der Waals surface area contributed by atoms with Crippen LogP contribution in [0.4, 0.5) is 0 Å². The van der Waals surface area contributed by atoms with Gasteiger partial charge in [0.15, 0.2) is 0 Å². The van der Waals surface area contributed by atoms with Crippen LogP contribution in [0.5, 0.6) is 0 Å². The first-order valence-electron chi connectivity index (χ1n) is 7.72. The summed E-state index contributed by atoms with van der Waals surface area (Å²) in [5.74, 6) is 0.750. The van der Waals surface area contributed by atoms with Gasteiger partial charge in [0.2, 0.25) is 0 Å². The van der Waals surface area contributed by atoms with E-state index in [4.69, 9.17) is 23.2 Å². The van der Waals surface area contributed by atoms with Crippen molar-refractivity contribution in [3.63, 3.8) is 0 Å². The monoisotopic (exact) mass is 325 g/mol.